The number of nitrogens with one attached hydrogen (secondary N) is 2. The SMILES string of the molecule is CCOc1nc(N2CCC(O)CC2)ccc1C(=O)NCC(O)[C@@H]1Cc2ccccc2CN1. The van der Waals surface area contributed by atoms with Crippen LogP contribution >= 0.6 is 0 Å². The van der Waals surface area contributed by atoms with Gasteiger partial charge in [0.05, 0.1) is 18.8 Å². The zero-order valence-electron chi connectivity index (χ0n) is 18.5. The maximum atomic E-state index is 12.8. The number of carbonyl (C=O) groups excluding carboxylic acids is 1. The van der Waals surface area contributed by atoms with Gasteiger partial charge < -0.3 is 30.5 Å². The Morgan fingerprint density at radius 2 is 2.00 bits per heavy atom. The van der Waals surface area contributed by atoms with Gasteiger partial charge in [0.2, 0.25) is 5.88 Å². The lowest BCUT2D eigenvalue weighted by Crippen LogP contribution is -2.49. The van der Waals surface area contributed by atoms with Gasteiger partial charge in [-0.25, -0.2) is 0 Å². The van der Waals surface area contributed by atoms with Crippen molar-refractivity contribution in [3.63, 3.8) is 0 Å². The van der Waals surface area contributed by atoms with Crippen molar-refractivity contribution in [2.24, 2.45) is 0 Å². The van der Waals surface area contributed by atoms with E-state index in [-0.39, 0.29) is 30.5 Å². The molecule has 0 bridgehead atoms. The lowest BCUT2D eigenvalue weighted by molar-refractivity contribution is 0.0866. The Morgan fingerprint density at radius 1 is 1.25 bits per heavy atom. The van der Waals surface area contributed by atoms with E-state index in [2.05, 4.69) is 32.7 Å². The van der Waals surface area contributed by atoms with Crippen LogP contribution in [0.2, 0.25) is 0 Å². The van der Waals surface area contributed by atoms with Crippen LogP contribution in [0.4, 0.5) is 5.82 Å². The van der Waals surface area contributed by atoms with E-state index in [9.17, 15) is 15.0 Å². The van der Waals surface area contributed by atoms with Gasteiger partial charge in [-0.1, -0.05) is 24.3 Å². The standard InChI is InChI=1S/C24H32N4O4/c1-2-32-24-19(7-8-22(27-24)28-11-9-18(29)10-12-28)23(31)26-15-21(30)20-13-16-5-3-4-6-17(16)14-25-20/h3-8,18,20-21,25,29-30H,2,9-15H2,1H3,(H,26,31)/t20-,21?/m0/s1. The molecule has 1 saturated heterocycles. The van der Waals surface area contributed by atoms with Gasteiger partial charge in [0.1, 0.15) is 11.4 Å². The van der Waals surface area contributed by atoms with Crippen molar-refractivity contribution in [2.75, 3.05) is 31.1 Å². The van der Waals surface area contributed by atoms with Crippen LogP contribution in [0.3, 0.4) is 0 Å². The number of pyridine rings is 1. The number of anilines is 1. The molecule has 8 heteroatoms. The number of nitrogens with zero attached hydrogens (tertiary/aromatic N) is 2. The number of hydrogen-bond donors (Lipinski definition) is 4. The molecule has 2 atom stereocenters. The van der Waals surface area contributed by atoms with Gasteiger partial charge in [-0.15, -0.1) is 0 Å². The molecular formula is C24H32N4O4. The molecule has 172 valence electrons. The first kappa shape index (κ1) is 22.5. The molecule has 1 amide bonds. The van der Waals surface area contributed by atoms with Crippen LogP contribution in [0.15, 0.2) is 36.4 Å². The van der Waals surface area contributed by atoms with Crippen molar-refractivity contribution in [1.29, 1.82) is 0 Å². The number of fused-ring (bicyclic) bond motifs is 1. The molecule has 2 aliphatic rings. The quantitative estimate of drug-likeness (QED) is 0.513. The molecule has 4 N–H and O–H groups in total. The van der Waals surface area contributed by atoms with Crippen LogP contribution in [-0.4, -0.2) is 65.6 Å². The molecule has 0 radical (unpaired) electrons. The lowest BCUT2D eigenvalue weighted by Gasteiger charge is -2.31. The molecule has 1 aromatic heterocycles. The van der Waals surface area contributed by atoms with E-state index >= 15 is 0 Å². The summed E-state index contributed by atoms with van der Waals surface area (Å²) in [5.41, 5.74) is 2.82. The van der Waals surface area contributed by atoms with Crippen LogP contribution in [0.1, 0.15) is 41.3 Å². The van der Waals surface area contributed by atoms with Gasteiger partial charge in [0.25, 0.3) is 5.91 Å². The molecule has 3 heterocycles. The van der Waals surface area contributed by atoms with Gasteiger partial charge in [0, 0.05) is 32.2 Å². The third kappa shape index (κ3) is 5.20. The second-order valence-electron chi connectivity index (χ2n) is 8.41. The minimum Gasteiger partial charge on any atom is -0.477 e. The Kier molecular flexibility index (Phi) is 7.24. The summed E-state index contributed by atoms with van der Waals surface area (Å²) in [7, 11) is 0. The number of carbonyl (C=O) groups is 1. The average Bonchev–Trinajstić information content (AvgIpc) is 2.82. The number of benzene rings is 1. The summed E-state index contributed by atoms with van der Waals surface area (Å²) in [4.78, 5) is 19.5. The van der Waals surface area contributed by atoms with Gasteiger partial charge in [-0.3, -0.25) is 4.79 Å². The highest BCUT2D eigenvalue weighted by Crippen LogP contribution is 2.24. The van der Waals surface area contributed by atoms with E-state index < -0.39 is 6.10 Å². The van der Waals surface area contributed by atoms with E-state index in [1.807, 2.05) is 25.1 Å². The van der Waals surface area contributed by atoms with Crippen molar-refractivity contribution < 1.29 is 19.7 Å². The van der Waals surface area contributed by atoms with Crippen LogP contribution < -0.4 is 20.3 Å². The first-order valence-electron chi connectivity index (χ1n) is 11.4. The fourth-order valence-electron chi connectivity index (χ4n) is 4.31. The molecule has 1 unspecified atom stereocenters. The maximum Gasteiger partial charge on any atom is 0.256 e. The molecule has 0 aliphatic carbocycles. The highest BCUT2D eigenvalue weighted by Gasteiger charge is 2.26. The van der Waals surface area contributed by atoms with Gasteiger partial charge in [0.15, 0.2) is 0 Å². The Morgan fingerprint density at radius 3 is 2.75 bits per heavy atom. The summed E-state index contributed by atoms with van der Waals surface area (Å²) in [6, 6.07) is 11.6. The summed E-state index contributed by atoms with van der Waals surface area (Å²) >= 11 is 0. The van der Waals surface area contributed by atoms with Crippen LogP contribution in [0.5, 0.6) is 5.88 Å². The van der Waals surface area contributed by atoms with Crippen LogP contribution in [0.25, 0.3) is 0 Å². The van der Waals surface area contributed by atoms with E-state index in [0.717, 1.165) is 25.3 Å². The third-order valence-electron chi connectivity index (χ3n) is 6.21. The fraction of sp³-hybridized carbons (Fsp3) is 0.500. The molecule has 1 fully saturated rings. The topological polar surface area (TPSA) is 107 Å². The van der Waals surface area contributed by atoms with Crippen LogP contribution in [0, 0.1) is 0 Å². The molecule has 0 spiro atoms. The predicted molar refractivity (Wildman–Crippen MR) is 122 cm³/mol. The Labute approximate surface area is 188 Å². The average molecular weight is 441 g/mol. The van der Waals surface area contributed by atoms with Gasteiger partial charge in [-0.05, 0) is 49.4 Å². The summed E-state index contributed by atoms with van der Waals surface area (Å²) in [5.74, 6) is 0.701. The number of ether oxygens (including phenoxy) is 1. The number of aliphatic hydroxyl groups excluding tert-OH is 2. The monoisotopic (exact) mass is 440 g/mol. The van der Waals surface area contributed by atoms with Crippen molar-refractivity contribution in [2.45, 2.75) is 51.0 Å². The summed E-state index contributed by atoms with van der Waals surface area (Å²) in [5, 5.41) is 26.6. The Balaban J connectivity index is 1.38. The zero-order chi connectivity index (χ0) is 22.5. The largest absolute Gasteiger partial charge is 0.477 e. The number of hydrogen-bond acceptors (Lipinski definition) is 7. The molecule has 4 rings (SSSR count). The first-order chi connectivity index (χ1) is 15.5. The van der Waals surface area contributed by atoms with Gasteiger partial charge in [-0.2, -0.15) is 4.98 Å². The normalized spacial score (nSPS) is 19.8. The van der Waals surface area contributed by atoms with Crippen molar-refractivity contribution in [3.8, 4) is 5.88 Å². The predicted octanol–water partition coefficient (Wildman–Crippen LogP) is 1.25. The zero-order valence-corrected chi connectivity index (χ0v) is 18.5. The highest BCUT2D eigenvalue weighted by atomic mass is 16.5. The summed E-state index contributed by atoms with van der Waals surface area (Å²) < 4.78 is 5.65. The number of rotatable bonds is 7. The number of aromatic nitrogens is 1. The number of amides is 1. The lowest BCUT2D eigenvalue weighted by atomic mass is 9.93. The third-order valence-corrected chi connectivity index (χ3v) is 6.21. The number of piperidine rings is 1. The molecule has 0 saturated carbocycles. The second kappa shape index (κ2) is 10.3. The van der Waals surface area contributed by atoms with Crippen molar-refractivity contribution >= 4 is 11.7 Å². The molecule has 32 heavy (non-hydrogen) atoms. The molecule has 2 aromatic rings. The minimum absolute atomic E-state index is 0.119. The van der Waals surface area contributed by atoms with E-state index in [0.29, 0.717) is 31.6 Å². The molecular weight excluding hydrogens is 408 g/mol. The Bertz CT molecular complexity index is 930. The van der Waals surface area contributed by atoms with E-state index in [1.54, 1.807) is 6.07 Å². The fourth-order valence-corrected chi connectivity index (χ4v) is 4.31. The highest BCUT2D eigenvalue weighted by molar-refractivity contribution is 5.96. The van der Waals surface area contributed by atoms with Crippen LogP contribution in [-0.2, 0) is 13.0 Å². The Hall–Kier alpha value is -2.68. The van der Waals surface area contributed by atoms with Gasteiger partial charge >= 0.3 is 0 Å². The summed E-state index contributed by atoms with van der Waals surface area (Å²) in [6.45, 7) is 4.52. The molecule has 1 aromatic carbocycles. The number of aliphatic hydroxyl groups is 2. The molecule has 8 nitrogen and oxygen atoms in total. The summed E-state index contributed by atoms with van der Waals surface area (Å²) in [6.07, 6.45) is 1.14. The van der Waals surface area contributed by atoms with Crippen molar-refractivity contribution in [1.82, 2.24) is 15.6 Å². The second-order valence-corrected chi connectivity index (χ2v) is 8.41. The van der Waals surface area contributed by atoms with Crippen molar-refractivity contribution in [3.05, 3.63) is 53.1 Å². The van der Waals surface area contributed by atoms with E-state index in [1.165, 1.54) is 11.1 Å². The molecule has 2 aliphatic heterocycles. The minimum atomic E-state index is -0.713. The maximum absolute atomic E-state index is 12.8. The smallest absolute Gasteiger partial charge is 0.256 e. The van der Waals surface area contributed by atoms with E-state index in [4.69, 9.17) is 4.74 Å². The first-order valence-corrected chi connectivity index (χ1v) is 11.4.